The maximum absolute atomic E-state index is 11.9. The Morgan fingerprint density at radius 3 is 1.75 bits per heavy atom. The van der Waals surface area contributed by atoms with Crippen LogP contribution in [0, 0.1) is 0 Å². The molecule has 0 radical (unpaired) electrons. The van der Waals surface area contributed by atoms with Crippen molar-refractivity contribution in [3.8, 4) is 11.5 Å². The van der Waals surface area contributed by atoms with Gasteiger partial charge in [-0.25, -0.2) is 0 Å². The number of hydrogen-bond donors (Lipinski definition) is 0. The minimum atomic E-state index is -1.81. The quantitative estimate of drug-likeness (QED) is 0.313. The van der Waals surface area contributed by atoms with Crippen LogP contribution < -0.4 is 19.6 Å². The molecule has 4 nitrogen and oxygen atoms in total. The number of esters is 1. The van der Waals surface area contributed by atoms with Crippen LogP contribution in [0.25, 0.3) is 0 Å². The Morgan fingerprint density at radius 2 is 1.38 bits per heavy atom. The average molecular weight is 456 g/mol. The van der Waals surface area contributed by atoms with E-state index in [1.54, 1.807) is 0 Å². The molecule has 2 aromatic carbocycles. The first kappa shape index (κ1) is 26.0. The standard InChI is InChI=1S/C27H41NO3Si/c1-19(29)31-25-23(26(2,3)4)16-21(17-24(25)27(5,6)7)30-18-32(10,11)22-14-12-20(13-15-22)28(8)9/h12-17H,18H2,1-11H3. The first-order valence-electron chi connectivity index (χ1n) is 11.3. The number of nitrogens with zero attached hydrogens (tertiary/aromatic N) is 1. The summed E-state index contributed by atoms with van der Waals surface area (Å²) in [6.45, 7) is 18.9. The molecule has 0 saturated heterocycles. The maximum atomic E-state index is 11.9. The molecular formula is C27H41NO3Si. The minimum Gasteiger partial charge on any atom is -0.497 e. The molecule has 0 N–H and O–H groups in total. The van der Waals surface area contributed by atoms with E-state index < -0.39 is 8.07 Å². The van der Waals surface area contributed by atoms with E-state index in [-0.39, 0.29) is 16.8 Å². The zero-order chi connectivity index (χ0) is 24.5. The van der Waals surface area contributed by atoms with Gasteiger partial charge in [-0.05, 0) is 35.1 Å². The van der Waals surface area contributed by atoms with Crippen molar-refractivity contribution >= 4 is 24.9 Å². The van der Waals surface area contributed by atoms with Crippen molar-refractivity contribution in [2.75, 3.05) is 25.2 Å². The molecule has 32 heavy (non-hydrogen) atoms. The molecule has 0 bridgehead atoms. The molecule has 0 unspecified atom stereocenters. The third-order valence-corrected chi connectivity index (χ3v) is 8.45. The second kappa shape index (κ2) is 9.30. The zero-order valence-corrected chi connectivity index (χ0v) is 22.8. The van der Waals surface area contributed by atoms with E-state index in [2.05, 4.69) is 97.9 Å². The molecule has 0 saturated carbocycles. The Labute approximate surface area is 195 Å². The average Bonchev–Trinajstić information content (AvgIpc) is 2.64. The van der Waals surface area contributed by atoms with Gasteiger partial charge >= 0.3 is 5.97 Å². The van der Waals surface area contributed by atoms with Gasteiger partial charge in [0.1, 0.15) is 19.6 Å². The Hall–Kier alpha value is -2.27. The second-order valence-electron chi connectivity index (χ2n) is 11.6. The molecule has 176 valence electrons. The van der Waals surface area contributed by atoms with E-state index >= 15 is 0 Å². The van der Waals surface area contributed by atoms with Crippen molar-refractivity contribution in [1.29, 1.82) is 0 Å². The fraction of sp³-hybridized carbons (Fsp3) is 0.519. The van der Waals surface area contributed by atoms with Crippen molar-refractivity contribution < 1.29 is 14.3 Å². The predicted molar refractivity (Wildman–Crippen MR) is 139 cm³/mol. The lowest BCUT2D eigenvalue weighted by Gasteiger charge is -2.30. The van der Waals surface area contributed by atoms with E-state index in [4.69, 9.17) is 9.47 Å². The van der Waals surface area contributed by atoms with Crippen molar-refractivity contribution in [3.05, 3.63) is 47.5 Å². The Balaban J connectivity index is 2.43. The number of ether oxygens (including phenoxy) is 2. The predicted octanol–water partition coefficient (Wildman–Crippen LogP) is 5.81. The fourth-order valence-electron chi connectivity index (χ4n) is 3.61. The van der Waals surface area contributed by atoms with E-state index in [1.165, 1.54) is 17.8 Å². The molecule has 0 aliphatic rings. The Bertz CT molecular complexity index is 913. The Morgan fingerprint density at radius 1 is 0.906 bits per heavy atom. The summed E-state index contributed by atoms with van der Waals surface area (Å²) < 4.78 is 12.2. The van der Waals surface area contributed by atoms with Gasteiger partial charge in [-0.3, -0.25) is 4.79 Å². The maximum Gasteiger partial charge on any atom is 0.308 e. The van der Waals surface area contributed by atoms with Gasteiger partial charge in [0.2, 0.25) is 0 Å². The topological polar surface area (TPSA) is 38.8 Å². The largest absolute Gasteiger partial charge is 0.497 e. The van der Waals surface area contributed by atoms with Crippen LogP contribution in [-0.4, -0.2) is 34.4 Å². The van der Waals surface area contributed by atoms with Gasteiger partial charge in [-0.15, -0.1) is 0 Å². The van der Waals surface area contributed by atoms with Crippen molar-refractivity contribution in [1.82, 2.24) is 0 Å². The summed E-state index contributed by atoms with van der Waals surface area (Å²) in [5.74, 6) is 1.20. The lowest BCUT2D eigenvalue weighted by Crippen LogP contribution is -2.47. The molecule has 0 atom stereocenters. The molecule has 0 fully saturated rings. The van der Waals surface area contributed by atoms with Crippen LogP contribution in [0.5, 0.6) is 11.5 Å². The third kappa shape index (κ3) is 6.38. The molecule has 2 rings (SSSR count). The fourth-order valence-corrected chi connectivity index (χ4v) is 5.37. The number of anilines is 1. The lowest BCUT2D eigenvalue weighted by atomic mass is 9.79. The van der Waals surface area contributed by atoms with Crippen LogP contribution >= 0.6 is 0 Å². The number of hydrogen-bond acceptors (Lipinski definition) is 4. The highest BCUT2D eigenvalue weighted by molar-refractivity contribution is 6.89. The van der Waals surface area contributed by atoms with Gasteiger partial charge in [-0.2, -0.15) is 0 Å². The van der Waals surface area contributed by atoms with E-state index in [1.807, 2.05) is 12.1 Å². The van der Waals surface area contributed by atoms with Crippen LogP contribution in [0.15, 0.2) is 36.4 Å². The number of rotatable bonds is 6. The molecule has 2 aromatic rings. The Kier molecular flexibility index (Phi) is 7.55. The summed E-state index contributed by atoms with van der Waals surface area (Å²) in [6.07, 6.45) is 0.675. The van der Waals surface area contributed by atoms with Crippen molar-refractivity contribution in [2.45, 2.75) is 72.4 Å². The number of benzene rings is 2. The monoisotopic (exact) mass is 455 g/mol. The summed E-state index contributed by atoms with van der Waals surface area (Å²) in [5, 5.41) is 1.37. The van der Waals surface area contributed by atoms with Crippen LogP contribution in [0.1, 0.15) is 59.6 Å². The summed E-state index contributed by atoms with van der Waals surface area (Å²) in [5.41, 5.74) is 2.79. The zero-order valence-electron chi connectivity index (χ0n) is 21.8. The smallest absolute Gasteiger partial charge is 0.308 e. The van der Waals surface area contributed by atoms with Crippen molar-refractivity contribution in [2.24, 2.45) is 0 Å². The summed E-state index contributed by atoms with van der Waals surface area (Å²) in [6, 6.07) is 12.9. The van der Waals surface area contributed by atoms with Crippen LogP contribution in [0.3, 0.4) is 0 Å². The molecule has 0 heterocycles. The molecule has 0 aliphatic carbocycles. The highest BCUT2D eigenvalue weighted by Crippen LogP contribution is 2.42. The van der Waals surface area contributed by atoms with Crippen LogP contribution in [0.4, 0.5) is 5.69 Å². The molecule has 5 heteroatoms. The highest BCUT2D eigenvalue weighted by atomic mass is 28.3. The summed E-state index contributed by atoms with van der Waals surface area (Å²) in [7, 11) is 2.30. The number of carbonyl (C=O) groups excluding carboxylic acids is 1. The highest BCUT2D eigenvalue weighted by Gasteiger charge is 2.30. The second-order valence-corrected chi connectivity index (χ2v) is 16.2. The van der Waals surface area contributed by atoms with Gasteiger partial charge in [-0.1, -0.05) is 72.0 Å². The third-order valence-electron chi connectivity index (χ3n) is 5.69. The van der Waals surface area contributed by atoms with Gasteiger partial charge < -0.3 is 14.4 Å². The van der Waals surface area contributed by atoms with Crippen LogP contribution in [-0.2, 0) is 15.6 Å². The van der Waals surface area contributed by atoms with E-state index in [9.17, 15) is 4.79 Å². The van der Waals surface area contributed by atoms with Gasteiger partial charge in [0.15, 0.2) is 0 Å². The summed E-state index contributed by atoms with van der Waals surface area (Å²) >= 11 is 0. The van der Waals surface area contributed by atoms with Crippen molar-refractivity contribution in [3.63, 3.8) is 0 Å². The molecule has 0 aliphatic heterocycles. The SMILES string of the molecule is CC(=O)Oc1c(C(C)(C)C)cc(OC[Si](C)(C)c2ccc(N(C)C)cc2)cc1C(C)(C)C. The number of carbonyl (C=O) groups is 1. The summed E-state index contributed by atoms with van der Waals surface area (Å²) in [4.78, 5) is 14.0. The van der Waals surface area contributed by atoms with Gasteiger partial charge in [0.05, 0.1) is 6.23 Å². The van der Waals surface area contributed by atoms with Gasteiger partial charge in [0, 0.05) is 37.8 Å². The first-order chi connectivity index (χ1) is 14.5. The minimum absolute atomic E-state index is 0.195. The first-order valence-corrected chi connectivity index (χ1v) is 14.5. The molecule has 0 aromatic heterocycles. The normalized spacial score (nSPS) is 12.5. The van der Waals surface area contributed by atoms with E-state index in [0.29, 0.717) is 12.0 Å². The molecular weight excluding hydrogens is 414 g/mol. The van der Waals surface area contributed by atoms with Gasteiger partial charge in [0.25, 0.3) is 0 Å². The molecule has 0 amide bonds. The lowest BCUT2D eigenvalue weighted by molar-refractivity contribution is -0.132. The van der Waals surface area contributed by atoms with Crippen LogP contribution in [0.2, 0.25) is 13.1 Å². The van der Waals surface area contributed by atoms with E-state index in [0.717, 1.165) is 16.9 Å². The molecule has 0 spiro atoms.